The largest absolute Gasteiger partial charge is 0.493 e. The van der Waals surface area contributed by atoms with E-state index in [9.17, 15) is 0 Å². The number of hydrogen-bond donors (Lipinski definition) is 0. The van der Waals surface area contributed by atoms with Crippen LogP contribution in [-0.2, 0) is 0 Å². The fourth-order valence-electron chi connectivity index (χ4n) is 1.70. The average molecular weight is 310 g/mol. The van der Waals surface area contributed by atoms with Gasteiger partial charge >= 0.3 is 6.01 Å². The van der Waals surface area contributed by atoms with E-state index in [0.717, 1.165) is 5.56 Å². The fourth-order valence-corrected chi connectivity index (χ4v) is 1.85. The SMILES string of the molecule is COc1ccc(-c2nc(Cl)nc(OC(C)C)n2)cc1OC. The predicted molar refractivity (Wildman–Crippen MR) is 79.1 cm³/mol. The monoisotopic (exact) mass is 309 g/mol. The number of nitrogens with zero attached hydrogens (tertiary/aromatic N) is 3. The molecule has 0 unspecified atom stereocenters. The van der Waals surface area contributed by atoms with Crippen LogP contribution < -0.4 is 14.2 Å². The smallest absolute Gasteiger partial charge is 0.321 e. The molecule has 6 nitrogen and oxygen atoms in total. The topological polar surface area (TPSA) is 66.4 Å². The highest BCUT2D eigenvalue weighted by molar-refractivity contribution is 6.28. The van der Waals surface area contributed by atoms with E-state index in [-0.39, 0.29) is 17.4 Å². The van der Waals surface area contributed by atoms with Crippen LogP contribution in [0.25, 0.3) is 11.4 Å². The van der Waals surface area contributed by atoms with Gasteiger partial charge < -0.3 is 14.2 Å². The molecular weight excluding hydrogens is 294 g/mol. The third-order valence-electron chi connectivity index (χ3n) is 2.57. The van der Waals surface area contributed by atoms with Crippen molar-refractivity contribution in [3.05, 3.63) is 23.5 Å². The second-order valence-corrected chi connectivity index (χ2v) is 4.79. The van der Waals surface area contributed by atoms with Crippen molar-refractivity contribution in [1.82, 2.24) is 15.0 Å². The number of benzene rings is 1. The lowest BCUT2D eigenvalue weighted by atomic mass is 10.2. The maximum Gasteiger partial charge on any atom is 0.321 e. The Kier molecular flexibility index (Phi) is 4.80. The molecule has 0 saturated carbocycles. The Bertz CT molecular complexity index is 635. The third kappa shape index (κ3) is 3.72. The molecule has 1 heterocycles. The quantitative estimate of drug-likeness (QED) is 0.846. The molecule has 0 spiro atoms. The zero-order valence-corrected chi connectivity index (χ0v) is 13.0. The van der Waals surface area contributed by atoms with Crippen LogP contribution in [0.1, 0.15) is 13.8 Å². The van der Waals surface area contributed by atoms with E-state index < -0.39 is 0 Å². The van der Waals surface area contributed by atoms with Crippen LogP contribution in [0.2, 0.25) is 5.28 Å². The molecule has 0 atom stereocenters. The fraction of sp³-hybridized carbons (Fsp3) is 0.357. The molecule has 1 aromatic heterocycles. The zero-order valence-electron chi connectivity index (χ0n) is 12.3. The highest BCUT2D eigenvalue weighted by Gasteiger charge is 2.12. The van der Waals surface area contributed by atoms with Gasteiger partial charge in [0, 0.05) is 5.56 Å². The highest BCUT2D eigenvalue weighted by atomic mass is 35.5. The number of methoxy groups -OCH3 is 2. The van der Waals surface area contributed by atoms with Gasteiger partial charge in [-0.1, -0.05) is 0 Å². The Morgan fingerprint density at radius 2 is 1.71 bits per heavy atom. The van der Waals surface area contributed by atoms with Crippen molar-refractivity contribution in [2.75, 3.05) is 14.2 Å². The van der Waals surface area contributed by atoms with Gasteiger partial charge in [-0.3, -0.25) is 0 Å². The molecule has 0 fully saturated rings. The third-order valence-corrected chi connectivity index (χ3v) is 2.74. The standard InChI is InChI=1S/C14H16ClN3O3/c1-8(2)21-14-17-12(16-13(15)18-14)9-5-6-10(19-3)11(7-9)20-4/h5-8H,1-4H3. The molecule has 0 saturated heterocycles. The van der Waals surface area contributed by atoms with Crippen LogP contribution >= 0.6 is 11.6 Å². The molecule has 2 aromatic rings. The minimum Gasteiger partial charge on any atom is -0.493 e. The summed E-state index contributed by atoms with van der Waals surface area (Å²) in [7, 11) is 3.14. The second kappa shape index (κ2) is 6.58. The summed E-state index contributed by atoms with van der Waals surface area (Å²) in [5, 5.41) is 0.0745. The van der Waals surface area contributed by atoms with Gasteiger partial charge in [-0.05, 0) is 43.6 Å². The van der Waals surface area contributed by atoms with Gasteiger partial charge in [0.05, 0.1) is 20.3 Å². The Morgan fingerprint density at radius 3 is 2.33 bits per heavy atom. The van der Waals surface area contributed by atoms with Crippen molar-refractivity contribution in [3.8, 4) is 28.9 Å². The summed E-state index contributed by atoms with van der Waals surface area (Å²) >= 11 is 5.92. The second-order valence-electron chi connectivity index (χ2n) is 4.45. The van der Waals surface area contributed by atoms with Crippen molar-refractivity contribution in [2.24, 2.45) is 0 Å². The van der Waals surface area contributed by atoms with Crippen LogP contribution in [0.4, 0.5) is 0 Å². The van der Waals surface area contributed by atoms with Gasteiger partial charge in [-0.15, -0.1) is 0 Å². The van der Waals surface area contributed by atoms with Crippen LogP contribution in [0.15, 0.2) is 18.2 Å². The van der Waals surface area contributed by atoms with E-state index in [1.54, 1.807) is 26.4 Å². The van der Waals surface area contributed by atoms with Gasteiger partial charge in [-0.2, -0.15) is 15.0 Å². The van der Waals surface area contributed by atoms with Crippen LogP contribution in [0.3, 0.4) is 0 Å². The van der Waals surface area contributed by atoms with Crippen LogP contribution in [-0.4, -0.2) is 35.3 Å². The van der Waals surface area contributed by atoms with E-state index in [0.29, 0.717) is 17.3 Å². The Labute approximate surface area is 128 Å². The van der Waals surface area contributed by atoms with Crippen molar-refractivity contribution in [1.29, 1.82) is 0 Å². The van der Waals surface area contributed by atoms with Gasteiger partial charge in [0.2, 0.25) is 5.28 Å². The molecular formula is C14H16ClN3O3. The molecule has 0 N–H and O–H groups in total. The van der Waals surface area contributed by atoms with Crippen LogP contribution in [0, 0.1) is 0 Å². The molecule has 0 aliphatic heterocycles. The normalized spacial score (nSPS) is 10.6. The number of aromatic nitrogens is 3. The summed E-state index contributed by atoms with van der Waals surface area (Å²) in [5.74, 6) is 1.62. The number of hydrogen-bond acceptors (Lipinski definition) is 6. The first-order chi connectivity index (χ1) is 10.0. The maximum atomic E-state index is 5.92. The summed E-state index contributed by atoms with van der Waals surface area (Å²) < 4.78 is 15.9. The molecule has 0 aliphatic carbocycles. The highest BCUT2D eigenvalue weighted by Crippen LogP contribution is 2.31. The first-order valence-electron chi connectivity index (χ1n) is 6.34. The zero-order chi connectivity index (χ0) is 15.4. The molecule has 7 heteroatoms. The van der Waals surface area contributed by atoms with Gasteiger partial charge in [-0.25, -0.2) is 0 Å². The first-order valence-corrected chi connectivity index (χ1v) is 6.72. The minimum absolute atomic E-state index is 0.0540. The number of ether oxygens (including phenoxy) is 3. The van der Waals surface area contributed by atoms with E-state index in [1.165, 1.54) is 0 Å². The lowest BCUT2D eigenvalue weighted by Crippen LogP contribution is -2.09. The molecule has 2 rings (SSSR count). The van der Waals surface area contributed by atoms with E-state index in [1.807, 2.05) is 19.9 Å². The average Bonchev–Trinajstić information content (AvgIpc) is 2.45. The number of rotatable bonds is 5. The summed E-state index contributed by atoms with van der Waals surface area (Å²) in [4.78, 5) is 12.3. The molecule has 21 heavy (non-hydrogen) atoms. The lowest BCUT2D eigenvalue weighted by Gasteiger charge is -2.11. The Balaban J connectivity index is 2.43. The van der Waals surface area contributed by atoms with E-state index >= 15 is 0 Å². The molecule has 112 valence electrons. The maximum absolute atomic E-state index is 5.92. The molecule has 1 aromatic carbocycles. The van der Waals surface area contributed by atoms with Gasteiger partial charge in [0.25, 0.3) is 0 Å². The molecule has 0 radical (unpaired) electrons. The number of halogens is 1. The summed E-state index contributed by atoms with van der Waals surface area (Å²) in [6.45, 7) is 3.77. The predicted octanol–water partition coefficient (Wildman–Crippen LogP) is 3.00. The van der Waals surface area contributed by atoms with Gasteiger partial charge in [0.15, 0.2) is 17.3 Å². The minimum atomic E-state index is -0.0540. The summed E-state index contributed by atoms with van der Waals surface area (Å²) in [6.07, 6.45) is -0.0540. The first kappa shape index (κ1) is 15.3. The summed E-state index contributed by atoms with van der Waals surface area (Å²) in [5.41, 5.74) is 0.727. The van der Waals surface area contributed by atoms with Crippen molar-refractivity contribution < 1.29 is 14.2 Å². The Morgan fingerprint density at radius 1 is 1.00 bits per heavy atom. The Hall–Kier alpha value is -2.08. The molecule has 0 amide bonds. The molecule has 0 bridgehead atoms. The van der Waals surface area contributed by atoms with Gasteiger partial charge in [0.1, 0.15) is 0 Å². The van der Waals surface area contributed by atoms with Crippen molar-refractivity contribution in [3.63, 3.8) is 0 Å². The summed E-state index contributed by atoms with van der Waals surface area (Å²) in [6, 6.07) is 5.54. The molecule has 0 aliphatic rings. The van der Waals surface area contributed by atoms with E-state index in [2.05, 4.69) is 15.0 Å². The van der Waals surface area contributed by atoms with Crippen molar-refractivity contribution in [2.45, 2.75) is 20.0 Å². The lowest BCUT2D eigenvalue weighted by molar-refractivity contribution is 0.222. The van der Waals surface area contributed by atoms with Crippen molar-refractivity contribution >= 4 is 11.6 Å². The van der Waals surface area contributed by atoms with Crippen LogP contribution in [0.5, 0.6) is 17.5 Å². The van der Waals surface area contributed by atoms with E-state index in [4.69, 9.17) is 25.8 Å².